The Morgan fingerprint density at radius 3 is 3.04 bits per heavy atom. The quantitative estimate of drug-likeness (QED) is 0.662. The summed E-state index contributed by atoms with van der Waals surface area (Å²) >= 11 is 7.34. The SMILES string of the molecule is Cc1ccc(NCc2nnc(SCC(=O)O)n2CC2CCCO2)cc1Cl. The van der Waals surface area contributed by atoms with E-state index in [2.05, 4.69) is 15.5 Å². The maximum atomic E-state index is 10.9. The van der Waals surface area contributed by atoms with Crippen molar-refractivity contribution in [2.45, 2.75) is 44.1 Å². The van der Waals surface area contributed by atoms with Crippen LogP contribution in [0.2, 0.25) is 5.02 Å². The Morgan fingerprint density at radius 2 is 2.35 bits per heavy atom. The highest BCUT2D eigenvalue weighted by Gasteiger charge is 2.21. The normalized spacial score (nSPS) is 16.8. The van der Waals surface area contributed by atoms with Crippen LogP contribution in [0.1, 0.15) is 24.2 Å². The molecule has 9 heteroatoms. The maximum Gasteiger partial charge on any atom is 0.313 e. The van der Waals surface area contributed by atoms with Gasteiger partial charge in [0.2, 0.25) is 0 Å². The molecule has 0 amide bonds. The Hall–Kier alpha value is -1.77. The van der Waals surface area contributed by atoms with Crippen molar-refractivity contribution in [3.63, 3.8) is 0 Å². The molecule has 1 aromatic heterocycles. The second kappa shape index (κ2) is 8.75. The van der Waals surface area contributed by atoms with Gasteiger partial charge in [-0.25, -0.2) is 0 Å². The molecule has 1 saturated heterocycles. The van der Waals surface area contributed by atoms with Gasteiger partial charge in [0, 0.05) is 17.3 Å². The summed E-state index contributed by atoms with van der Waals surface area (Å²) in [6.07, 6.45) is 2.14. The highest BCUT2D eigenvalue weighted by Crippen LogP contribution is 2.23. The Balaban J connectivity index is 1.73. The predicted molar refractivity (Wildman–Crippen MR) is 101 cm³/mol. The van der Waals surface area contributed by atoms with Crippen molar-refractivity contribution in [2.75, 3.05) is 17.7 Å². The number of halogens is 1. The molecule has 3 rings (SSSR count). The zero-order valence-corrected chi connectivity index (χ0v) is 16.0. The molecule has 1 aliphatic heterocycles. The third-order valence-electron chi connectivity index (χ3n) is 4.15. The lowest BCUT2D eigenvalue weighted by Gasteiger charge is -2.15. The average Bonchev–Trinajstić information content (AvgIpc) is 3.25. The number of ether oxygens (including phenoxy) is 1. The van der Waals surface area contributed by atoms with Gasteiger partial charge >= 0.3 is 5.97 Å². The fourth-order valence-corrected chi connectivity index (χ4v) is 3.61. The zero-order valence-electron chi connectivity index (χ0n) is 14.4. The van der Waals surface area contributed by atoms with Crippen LogP contribution >= 0.6 is 23.4 Å². The van der Waals surface area contributed by atoms with Gasteiger partial charge in [-0.3, -0.25) is 4.79 Å². The number of hydrogen-bond donors (Lipinski definition) is 2. The highest BCUT2D eigenvalue weighted by atomic mass is 35.5. The number of nitrogens with zero attached hydrogens (tertiary/aromatic N) is 3. The molecule has 2 aromatic rings. The van der Waals surface area contributed by atoms with Crippen LogP contribution in [0.4, 0.5) is 5.69 Å². The topological polar surface area (TPSA) is 89.3 Å². The molecule has 1 aliphatic rings. The fraction of sp³-hybridized carbons (Fsp3) is 0.471. The number of benzene rings is 1. The third-order valence-corrected chi connectivity index (χ3v) is 5.51. The Labute approximate surface area is 161 Å². The molecule has 0 aliphatic carbocycles. The van der Waals surface area contributed by atoms with Crippen molar-refractivity contribution >= 4 is 35.0 Å². The molecule has 0 radical (unpaired) electrons. The number of aryl methyl sites for hydroxylation is 1. The molecular weight excluding hydrogens is 376 g/mol. The molecule has 0 spiro atoms. The van der Waals surface area contributed by atoms with Crippen LogP contribution in [0.5, 0.6) is 0 Å². The number of nitrogens with one attached hydrogen (secondary N) is 1. The Morgan fingerprint density at radius 1 is 1.50 bits per heavy atom. The van der Waals surface area contributed by atoms with Crippen molar-refractivity contribution in [3.8, 4) is 0 Å². The van der Waals surface area contributed by atoms with E-state index in [9.17, 15) is 4.79 Å². The Bertz CT molecular complexity index is 777. The Kier molecular flexibility index (Phi) is 6.39. The minimum absolute atomic E-state index is 0.0509. The van der Waals surface area contributed by atoms with Crippen LogP contribution in [0.3, 0.4) is 0 Å². The van der Waals surface area contributed by atoms with Crippen LogP contribution in [-0.4, -0.2) is 44.3 Å². The molecule has 26 heavy (non-hydrogen) atoms. The summed E-state index contributed by atoms with van der Waals surface area (Å²) in [6.45, 7) is 3.81. The van der Waals surface area contributed by atoms with Crippen LogP contribution in [-0.2, 0) is 22.6 Å². The molecule has 0 saturated carbocycles. The van der Waals surface area contributed by atoms with E-state index in [4.69, 9.17) is 21.4 Å². The van der Waals surface area contributed by atoms with E-state index in [1.54, 1.807) is 0 Å². The molecule has 140 valence electrons. The number of aliphatic carboxylic acids is 1. The number of hydrogen-bond acceptors (Lipinski definition) is 6. The standard InChI is InChI=1S/C17H21ClN4O3S/c1-11-4-5-12(7-14(11)18)19-8-15-20-21-17(26-10-16(23)24)22(15)9-13-3-2-6-25-13/h4-5,7,13,19H,2-3,6,8-10H2,1H3,(H,23,24). The van der Waals surface area contributed by atoms with Crippen LogP contribution in [0.25, 0.3) is 0 Å². The molecule has 2 N–H and O–H groups in total. The van der Waals surface area contributed by atoms with Crippen LogP contribution < -0.4 is 5.32 Å². The van der Waals surface area contributed by atoms with Gasteiger partial charge in [0.15, 0.2) is 11.0 Å². The number of carboxylic acids is 1. The maximum absolute atomic E-state index is 10.9. The van der Waals surface area contributed by atoms with Gasteiger partial charge in [-0.1, -0.05) is 29.4 Å². The number of anilines is 1. The van der Waals surface area contributed by atoms with Crippen LogP contribution in [0, 0.1) is 6.92 Å². The van der Waals surface area contributed by atoms with Crippen LogP contribution in [0.15, 0.2) is 23.4 Å². The average molecular weight is 397 g/mol. The van der Waals surface area contributed by atoms with Gasteiger partial charge in [-0.15, -0.1) is 10.2 Å². The number of rotatable bonds is 8. The van der Waals surface area contributed by atoms with E-state index < -0.39 is 5.97 Å². The molecular formula is C17H21ClN4O3S. The van der Waals surface area contributed by atoms with Crippen molar-refractivity contribution in [2.24, 2.45) is 0 Å². The second-order valence-corrected chi connectivity index (χ2v) is 7.49. The van der Waals surface area contributed by atoms with Crippen molar-refractivity contribution in [1.82, 2.24) is 14.8 Å². The molecule has 7 nitrogen and oxygen atoms in total. The molecule has 0 bridgehead atoms. The van der Waals surface area contributed by atoms with Gasteiger partial charge in [-0.2, -0.15) is 0 Å². The summed E-state index contributed by atoms with van der Waals surface area (Å²) in [5.74, 6) is -0.189. The summed E-state index contributed by atoms with van der Waals surface area (Å²) in [5.41, 5.74) is 1.91. The van der Waals surface area contributed by atoms with Crippen molar-refractivity contribution in [3.05, 3.63) is 34.6 Å². The van der Waals surface area contributed by atoms with Gasteiger partial charge in [0.05, 0.1) is 24.9 Å². The molecule has 2 heterocycles. The van der Waals surface area contributed by atoms with Crippen molar-refractivity contribution < 1.29 is 14.6 Å². The smallest absolute Gasteiger partial charge is 0.313 e. The molecule has 1 aromatic carbocycles. The molecule has 1 atom stereocenters. The monoisotopic (exact) mass is 396 g/mol. The van der Waals surface area contributed by atoms with E-state index in [0.717, 1.165) is 36.5 Å². The minimum atomic E-state index is -0.879. The van der Waals surface area contributed by atoms with E-state index >= 15 is 0 Å². The summed E-state index contributed by atoms with van der Waals surface area (Å²) < 4.78 is 7.66. The zero-order chi connectivity index (χ0) is 18.5. The highest BCUT2D eigenvalue weighted by molar-refractivity contribution is 7.99. The van der Waals surface area contributed by atoms with Gasteiger partial charge in [-0.05, 0) is 37.5 Å². The minimum Gasteiger partial charge on any atom is -0.481 e. The van der Waals surface area contributed by atoms with E-state index in [1.807, 2.05) is 29.7 Å². The number of carbonyl (C=O) groups is 1. The number of thioether (sulfide) groups is 1. The molecule has 1 unspecified atom stereocenters. The first-order valence-corrected chi connectivity index (χ1v) is 9.77. The second-order valence-electron chi connectivity index (χ2n) is 6.14. The van der Waals surface area contributed by atoms with E-state index in [-0.39, 0.29) is 11.9 Å². The van der Waals surface area contributed by atoms with Crippen molar-refractivity contribution in [1.29, 1.82) is 0 Å². The third kappa shape index (κ3) is 4.90. The molecule has 1 fully saturated rings. The number of carboxylic acid groups (broad SMARTS) is 1. The van der Waals surface area contributed by atoms with E-state index in [0.29, 0.717) is 23.3 Å². The van der Waals surface area contributed by atoms with Gasteiger partial charge < -0.3 is 19.7 Å². The largest absolute Gasteiger partial charge is 0.481 e. The van der Waals surface area contributed by atoms with Gasteiger partial charge in [0.25, 0.3) is 0 Å². The van der Waals surface area contributed by atoms with Gasteiger partial charge in [0.1, 0.15) is 0 Å². The lowest BCUT2D eigenvalue weighted by atomic mass is 10.2. The first-order valence-electron chi connectivity index (χ1n) is 8.41. The fourth-order valence-electron chi connectivity index (χ4n) is 2.74. The predicted octanol–water partition coefficient (Wildman–Crippen LogP) is 3.21. The lowest BCUT2D eigenvalue weighted by Crippen LogP contribution is -2.19. The summed E-state index contributed by atoms with van der Waals surface area (Å²) in [6, 6.07) is 5.79. The first kappa shape index (κ1) is 19.0. The number of aromatic nitrogens is 3. The summed E-state index contributed by atoms with van der Waals surface area (Å²) in [4.78, 5) is 10.9. The first-order chi connectivity index (χ1) is 12.5. The summed E-state index contributed by atoms with van der Waals surface area (Å²) in [7, 11) is 0. The summed E-state index contributed by atoms with van der Waals surface area (Å²) in [5, 5.41) is 21.9. The van der Waals surface area contributed by atoms with E-state index in [1.165, 1.54) is 11.8 Å². The lowest BCUT2D eigenvalue weighted by molar-refractivity contribution is -0.133.